The number of hydrogen-bond acceptors (Lipinski definition) is 4. The van der Waals surface area contributed by atoms with E-state index in [4.69, 9.17) is 21.1 Å². The van der Waals surface area contributed by atoms with E-state index in [0.29, 0.717) is 28.5 Å². The van der Waals surface area contributed by atoms with E-state index in [-0.39, 0.29) is 5.54 Å². The van der Waals surface area contributed by atoms with Crippen molar-refractivity contribution in [1.82, 2.24) is 5.32 Å². The lowest BCUT2D eigenvalue weighted by atomic mass is 9.93. The first-order chi connectivity index (χ1) is 11.8. The van der Waals surface area contributed by atoms with Crippen molar-refractivity contribution in [3.63, 3.8) is 0 Å². The normalized spacial score (nSPS) is 12.8. The predicted octanol–water partition coefficient (Wildman–Crippen LogP) is 4.27. The Morgan fingerprint density at radius 3 is 2.40 bits per heavy atom. The first-order valence-electron chi connectivity index (χ1n) is 8.19. The van der Waals surface area contributed by atoms with Gasteiger partial charge in [-0.1, -0.05) is 29.8 Å². The highest BCUT2D eigenvalue weighted by atomic mass is 35.5. The van der Waals surface area contributed by atoms with Gasteiger partial charge in [-0.25, -0.2) is 0 Å². The molecular weight excluding hydrogens is 338 g/mol. The summed E-state index contributed by atoms with van der Waals surface area (Å²) >= 11 is 6.26. The van der Waals surface area contributed by atoms with E-state index >= 15 is 0 Å². The van der Waals surface area contributed by atoms with E-state index in [0.717, 1.165) is 11.1 Å². The van der Waals surface area contributed by atoms with Crippen molar-refractivity contribution >= 4 is 11.6 Å². The third-order valence-corrected chi connectivity index (χ3v) is 4.50. The van der Waals surface area contributed by atoms with Crippen LogP contribution in [0.3, 0.4) is 0 Å². The molecule has 4 nitrogen and oxygen atoms in total. The summed E-state index contributed by atoms with van der Waals surface area (Å²) < 4.78 is 10.6. The zero-order valence-electron chi connectivity index (χ0n) is 15.4. The Bertz CT molecular complexity index is 711. The van der Waals surface area contributed by atoms with Crippen molar-refractivity contribution in [2.45, 2.75) is 39.0 Å². The molecule has 25 heavy (non-hydrogen) atoms. The molecule has 2 aromatic carbocycles. The van der Waals surface area contributed by atoms with Crippen LogP contribution < -0.4 is 14.8 Å². The maximum absolute atomic E-state index is 10.6. The molecule has 5 heteroatoms. The number of rotatable bonds is 7. The molecule has 0 radical (unpaired) electrons. The van der Waals surface area contributed by atoms with Gasteiger partial charge in [-0.2, -0.15) is 0 Å². The van der Waals surface area contributed by atoms with Gasteiger partial charge in [0, 0.05) is 16.1 Å². The minimum atomic E-state index is -0.844. The topological polar surface area (TPSA) is 50.7 Å². The van der Waals surface area contributed by atoms with E-state index in [1.165, 1.54) is 0 Å². The third kappa shape index (κ3) is 4.88. The summed E-state index contributed by atoms with van der Waals surface area (Å²) in [6.07, 6.45) is -0.141. The Morgan fingerprint density at radius 2 is 1.80 bits per heavy atom. The smallest absolute Gasteiger partial charge is 0.160 e. The number of hydrogen-bond donors (Lipinski definition) is 2. The lowest BCUT2D eigenvalue weighted by Gasteiger charge is -2.31. The number of methoxy groups -OCH3 is 2. The van der Waals surface area contributed by atoms with Gasteiger partial charge in [-0.3, -0.25) is 5.32 Å². The van der Waals surface area contributed by atoms with E-state index in [2.05, 4.69) is 5.32 Å². The van der Waals surface area contributed by atoms with Gasteiger partial charge in [-0.15, -0.1) is 0 Å². The number of halogens is 1. The number of nitrogens with one attached hydrogen (secondary N) is 1. The third-order valence-electron chi connectivity index (χ3n) is 4.17. The van der Waals surface area contributed by atoms with Gasteiger partial charge in [0.15, 0.2) is 11.5 Å². The predicted molar refractivity (Wildman–Crippen MR) is 102 cm³/mol. The first kappa shape index (κ1) is 19.6. The van der Waals surface area contributed by atoms with Crippen LogP contribution in [0.4, 0.5) is 0 Å². The minimum absolute atomic E-state index is 0.357. The zero-order valence-corrected chi connectivity index (χ0v) is 16.1. The quantitative estimate of drug-likeness (QED) is 0.721. The van der Waals surface area contributed by atoms with Gasteiger partial charge in [0.2, 0.25) is 0 Å². The number of aliphatic hydroxyl groups is 1. The summed E-state index contributed by atoms with van der Waals surface area (Å²) in [5, 5.41) is 14.5. The van der Waals surface area contributed by atoms with Gasteiger partial charge >= 0.3 is 0 Å². The van der Waals surface area contributed by atoms with Crippen LogP contribution in [0.5, 0.6) is 11.5 Å². The van der Waals surface area contributed by atoms with Crippen molar-refractivity contribution in [2.24, 2.45) is 0 Å². The van der Waals surface area contributed by atoms with Crippen LogP contribution in [0, 0.1) is 6.92 Å². The molecule has 0 heterocycles. The molecule has 0 amide bonds. The standard InChI is InChI=1S/C20H26ClNO3/c1-13-7-6-8-15(21)18(13)19(23)22-20(2,3)12-14-9-10-16(24-4)17(11-14)25-5/h6-11,19,22-23H,12H2,1-5H3. The highest BCUT2D eigenvalue weighted by Crippen LogP contribution is 2.30. The lowest BCUT2D eigenvalue weighted by Crippen LogP contribution is -2.43. The molecule has 0 saturated heterocycles. The number of ether oxygens (including phenoxy) is 2. The lowest BCUT2D eigenvalue weighted by molar-refractivity contribution is 0.101. The molecule has 0 aliphatic rings. The number of aryl methyl sites for hydroxylation is 1. The van der Waals surface area contributed by atoms with Gasteiger partial charge in [0.05, 0.1) is 14.2 Å². The SMILES string of the molecule is COc1ccc(CC(C)(C)NC(O)c2c(C)cccc2Cl)cc1OC. The Hall–Kier alpha value is -1.75. The van der Waals surface area contributed by atoms with Crippen LogP contribution in [0.25, 0.3) is 0 Å². The van der Waals surface area contributed by atoms with Crippen LogP contribution >= 0.6 is 11.6 Å². The highest BCUT2D eigenvalue weighted by molar-refractivity contribution is 6.31. The molecule has 1 unspecified atom stereocenters. The Labute approximate surface area is 154 Å². The van der Waals surface area contributed by atoms with Gasteiger partial charge in [0.1, 0.15) is 6.23 Å². The average molecular weight is 364 g/mol. The van der Waals surface area contributed by atoms with Gasteiger partial charge < -0.3 is 14.6 Å². The monoisotopic (exact) mass is 363 g/mol. The van der Waals surface area contributed by atoms with Crippen LogP contribution in [-0.2, 0) is 6.42 Å². The van der Waals surface area contributed by atoms with Crippen molar-refractivity contribution in [2.75, 3.05) is 14.2 Å². The maximum atomic E-state index is 10.6. The fourth-order valence-corrected chi connectivity index (χ4v) is 3.31. The van der Waals surface area contributed by atoms with Crippen molar-refractivity contribution in [3.05, 3.63) is 58.1 Å². The zero-order chi connectivity index (χ0) is 18.6. The second-order valence-electron chi connectivity index (χ2n) is 6.77. The van der Waals surface area contributed by atoms with Crippen molar-refractivity contribution in [3.8, 4) is 11.5 Å². The van der Waals surface area contributed by atoms with E-state index in [9.17, 15) is 5.11 Å². The maximum Gasteiger partial charge on any atom is 0.160 e. The average Bonchev–Trinajstić information content (AvgIpc) is 2.53. The van der Waals surface area contributed by atoms with Crippen molar-refractivity contribution in [1.29, 1.82) is 0 Å². The fraction of sp³-hybridized carbons (Fsp3) is 0.400. The minimum Gasteiger partial charge on any atom is -0.493 e. The van der Waals surface area contributed by atoms with Crippen LogP contribution in [0.1, 0.15) is 36.8 Å². The van der Waals surface area contributed by atoms with E-state index < -0.39 is 6.23 Å². The Morgan fingerprint density at radius 1 is 1.12 bits per heavy atom. The molecular formula is C20H26ClNO3. The summed E-state index contributed by atoms with van der Waals surface area (Å²) in [4.78, 5) is 0. The second kappa shape index (κ2) is 8.09. The number of benzene rings is 2. The molecule has 136 valence electrons. The molecule has 0 aliphatic heterocycles. The second-order valence-corrected chi connectivity index (χ2v) is 7.17. The summed E-state index contributed by atoms with van der Waals surface area (Å²) in [7, 11) is 3.24. The van der Waals surface area contributed by atoms with Crippen molar-refractivity contribution < 1.29 is 14.6 Å². The highest BCUT2D eigenvalue weighted by Gasteiger charge is 2.25. The van der Waals surface area contributed by atoms with E-state index in [1.54, 1.807) is 20.3 Å². The molecule has 2 rings (SSSR count). The molecule has 0 fully saturated rings. The van der Waals surface area contributed by atoms with Crippen LogP contribution in [0.2, 0.25) is 5.02 Å². The molecule has 0 aliphatic carbocycles. The summed E-state index contributed by atoms with van der Waals surface area (Å²) in [5.74, 6) is 1.39. The largest absolute Gasteiger partial charge is 0.493 e. The van der Waals surface area contributed by atoms with Crippen LogP contribution in [-0.4, -0.2) is 24.9 Å². The fourth-order valence-electron chi connectivity index (χ4n) is 2.99. The molecule has 2 aromatic rings. The van der Waals surface area contributed by atoms with Gasteiger partial charge in [-0.05, 0) is 56.5 Å². The van der Waals surface area contributed by atoms with Gasteiger partial charge in [0.25, 0.3) is 0 Å². The molecule has 0 saturated carbocycles. The molecule has 1 atom stereocenters. The summed E-state index contributed by atoms with van der Waals surface area (Å²) in [6, 6.07) is 11.4. The van der Waals surface area contributed by atoms with Crippen LogP contribution in [0.15, 0.2) is 36.4 Å². The molecule has 0 bridgehead atoms. The van der Waals surface area contributed by atoms with E-state index in [1.807, 2.05) is 51.1 Å². The molecule has 0 aromatic heterocycles. The summed E-state index contributed by atoms with van der Waals surface area (Å²) in [6.45, 7) is 6.02. The molecule has 0 spiro atoms. The molecule has 2 N–H and O–H groups in total. The Balaban J connectivity index is 2.16. The first-order valence-corrected chi connectivity index (χ1v) is 8.57. The number of aliphatic hydroxyl groups excluding tert-OH is 1. The summed E-state index contributed by atoms with van der Waals surface area (Å²) in [5.41, 5.74) is 2.39. The Kier molecular flexibility index (Phi) is 6.33.